The first-order valence-electron chi connectivity index (χ1n) is 10.8. The van der Waals surface area contributed by atoms with E-state index >= 15 is 0 Å². The molecular weight excluding hydrogens is 417 g/mol. The average molecular weight is 439 g/mol. The van der Waals surface area contributed by atoms with Gasteiger partial charge in [-0.1, -0.05) is 48.0 Å². The lowest BCUT2D eigenvalue weighted by molar-refractivity contribution is -0.114. The van der Waals surface area contributed by atoms with Gasteiger partial charge in [0.25, 0.3) is 5.91 Å². The number of ketones is 1. The summed E-state index contributed by atoms with van der Waals surface area (Å²) < 4.78 is 15.0. The van der Waals surface area contributed by atoms with Crippen LogP contribution in [0.4, 0.5) is 10.1 Å². The molecule has 2 aromatic carbocycles. The summed E-state index contributed by atoms with van der Waals surface area (Å²) >= 11 is 0. The Morgan fingerprint density at radius 3 is 2.79 bits per heavy atom. The van der Waals surface area contributed by atoms with Gasteiger partial charge in [-0.25, -0.2) is 4.39 Å². The lowest BCUT2D eigenvalue weighted by Crippen LogP contribution is -2.20. The summed E-state index contributed by atoms with van der Waals surface area (Å²) in [6.45, 7) is 2.20. The molecule has 5 nitrogen and oxygen atoms in total. The number of Topliss-reactive ketones (excluding diaryl/α,β-unsaturated/α-hetero) is 1. The molecule has 1 heterocycles. The first-order chi connectivity index (χ1) is 16.0. The van der Waals surface area contributed by atoms with Crippen LogP contribution in [0, 0.1) is 5.82 Å². The minimum absolute atomic E-state index is 0.0334. The van der Waals surface area contributed by atoms with E-state index < -0.39 is 0 Å². The fraction of sp³-hybridized carbons (Fsp3) is 0.148. The summed E-state index contributed by atoms with van der Waals surface area (Å²) in [6.07, 6.45) is 7.92. The number of hydrogen-bond donors (Lipinski definition) is 1. The van der Waals surface area contributed by atoms with Gasteiger partial charge in [0.2, 0.25) is 0 Å². The van der Waals surface area contributed by atoms with Crippen LogP contribution in [-0.2, 0) is 22.6 Å². The lowest BCUT2D eigenvalue weighted by atomic mass is 9.87. The molecule has 0 atom stereocenters. The zero-order chi connectivity index (χ0) is 22.9. The SMILES string of the molecule is CC1=C(C(=O)Nc2cnn(Cc3cccc(F)c3)c2)C=C(C2=Cc3ccccc3C2)C(=O)C1. The van der Waals surface area contributed by atoms with Crippen molar-refractivity contribution in [3.05, 3.63) is 112 Å². The highest BCUT2D eigenvalue weighted by atomic mass is 19.1. The van der Waals surface area contributed by atoms with Gasteiger partial charge in [-0.2, -0.15) is 5.10 Å². The average Bonchev–Trinajstić information content (AvgIpc) is 3.40. The van der Waals surface area contributed by atoms with Gasteiger partial charge in [-0.3, -0.25) is 14.3 Å². The van der Waals surface area contributed by atoms with Gasteiger partial charge in [0.05, 0.1) is 18.4 Å². The maximum atomic E-state index is 13.4. The van der Waals surface area contributed by atoms with Gasteiger partial charge in [0, 0.05) is 23.8 Å². The van der Waals surface area contributed by atoms with Crippen molar-refractivity contribution in [1.29, 1.82) is 0 Å². The first kappa shape index (κ1) is 20.8. The standard InChI is InChI=1S/C27H22FN3O2/c1-17-9-26(32)25(21-11-19-6-2-3-7-20(19)12-21)13-24(17)27(33)30-23-14-29-31(16-23)15-18-5-4-8-22(28)10-18/h2-8,10-11,13-14,16H,9,12,15H2,1H3,(H,30,33). The molecule has 3 aromatic rings. The molecule has 0 bridgehead atoms. The van der Waals surface area contributed by atoms with Crippen molar-refractivity contribution in [3.63, 3.8) is 0 Å². The molecule has 1 aromatic heterocycles. The van der Waals surface area contributed by atoms with Crippen LogP contribution in [0.15, 0.2) is 89.3 Å². The molecule has 0 aliphatic heterocycles. The number of rotatable bonds is 5. The van der Waals surface area contributed by atoms with Gasteiger partial charge in [0.1, 0.15) is 5.82 Å². The third kappa shape index (κ3) is 4.32. The van der Waals surface area contributed by atoms with Crippen LogP contribution >= 0.6 is 0 Å². The first-order valence-corrected chi connectivity index (χ1v) is 10.8. The van der Waals surface area contributed by atoms with E-state index in [2.05, 4.69) is 16.5 Å². The summed E-state index contributed by atoms with van der Waals surface area (Å²) in [4.78, 5) is 25.8. The number of anilines is 1. The van der Waals surface area contributed by atoms with Gasteiger partial charge in [-0.15, -0.1) is 0 Å². The number of amides is 1. The molecule has 0 saturated carbocycles. The largest absolute Gasteiger partial charge is 0.319 e. The fourth-order valence-electron chi connectivity index (χ4n) is 4.30. The molecule has 33 heavy (non-hydrogen) atoms. The second-order valence-corrected chi connectivity index (χ2v) is 8.41. The van der Waals surface area contributed by atoms with Gasteiger partial charge >= 0.3 is 0 Å². The number of aromatic nitrogens is 2. The topological polar surface area (TPSA) is 64.0 Å². The predicted molar refractivity (Wildman–Crippen MR) is 125 cm³/mol. The number of nitrogens with one attached hydrogen (secondary N) is 1. The van der Waals surface area contributed by atoms with Crippen molar-refractivity contribution in [2.45, 2.75) is 26.3 Å². The Kier molecular flexibility index (Phi) is 5.34. The molecule has 0 fully saturated rings. The Morgan fingerprint density at radius 2 is 1.97 bits per heavy atom. The van der Waals surface area contributed by atoms with Crippen molar-refractivity contribution in [1.82, 2.24) is 9.78 Å². The molecule has 1 amide bonds. The summed E-state index contributed by atoms with van der Waals surface area (Å²) in [6, 6.07) is 14.4. The summed E-state index contributed by atoms with van der Waals surface area (Å²) in [5.41, 5.74) is 6.40. The number of fused-ring (bicyclic) bond motifs is 1. The number of benzene rings is 2. The van der Waals surface area contributed by atoms with Gasteiger partial charge < -0.3 is 5.32 Å². The Labute approximate surface area is 190 Å². The molecule has 0 unspecified atom stereocenters. The third-order valence-electron chi connectivity index (χ3n) is 5.96. The van der Waals surface area contributed by atoms with Crippen LogP contribution in [0.2, 0.25) is 0 Å². The number of allylic oxidation sites excluding steroid dienone is 3. The minimum Gasteiger partial charge on any atom is -0.319 e. The number of nitrogens with zero attached hydrogens (tertiary/aromatic N) is 2. The highest BCUT2D eigenvalue weighted by Gasteiger charge is 2.27. The number of hydrogen-bond acceptors (Lipinski definition) is 3. The van der Waals surface area contributed by atoms with E-state index in [0.29, 0.717) is 29.8 Å². The normalized spacial score (nSPS) is 15.3. The second kappa shape index (κ2) is 8.47. The van der Waals surface area contributed by atoms with Crippen molar-refractivity contribution < 1.29 is 14.0 Å². The zero-order valence-electron chi connectivity index (χ0n) is 18.1. The maximum absolute atomic E-state index is 13.4. The van der Waals surface area contributed by atoms with Crippen LogP contribution in [-0.4, -0.2) is 21.5 Å². The third-order valence-corrected chi connectivity index (χ3v) is 5.96. The van der Waals surface area contributed by atoms with Crippen LogP contribution < -0.4 is 5.32 Å². The van der Waals surface area contributed by atoms with Crippen molar-refractivity contribution in [3.8, 4) is 0 Å². The molecular formula is C27H22FN3O2. The molecule has 5 rings (SSSR count). The van der Waals surface area contributed by atoms with E-state index in [1.54, 1.807) is 29.2 Å². The molecule has 0 spiro atoms. The Morgan fingerprint density at radius 1 is 1.12 bits per heavy atom. The smallest absolute Gasteiger partial charge is 0.255 e. The van der Waals surface area contributed by atoms with Crippen LogP contribution in [0.5, 0.6) is 0 Å². The number of halogens is 1. The second-order valence-electron chi connectivity index (χ2n) is 8.41. The van der Waals surface area contributed by atoms with E-state index in [4.69, 9.17) is 0 Å². The lowest BCUT2D eigenvalue weighted by Gasteiger charge is -2.17. The predicted octanol–water partition coefficient (Wildman–Crippen LogP) is 4.86. The van der Waals surface area contributed by atoms with Crippen LogP contribution in [0.3, 0.4) is 0 Å². The fourth-order valence-corrected chi connectivity index (χ4v) is 4.30. The van der Waals surface area contributed by atoms with E-state index in [1.165, 1.54) is 17.7 Å². The van der Waals surface area contributed by atoms with E-state index in [-0.39, 0.29) is 23.9 Å². The van der Waals surface area contributed by atoms with E-state index in [1.807, 2.05) is 37.3 Å². The Bertz CT molecular complexity index is 1380. The summed E-state index contributed by atoms with van der Waals surface area (Å²) in [5.74, 6) is -0.546. The van der Waals surface area contributed by atoms with E-state index in [9.17, 15) is 14.0 Å². The molecule has 0 radical (unpaired) electrons. The number of carbonyl (C=O) groups is 2. The number of carbonyl (C=O) groups excluding carboxylic acids is 2. The quantitative estimate of drug-likeness (QED) is 0.617. The van der Waals surface area contributed by atoms with Crippen molar-refractivity contribution in [2.75, 3.05) is 5.32 Å². The molecule has 1 N–H and O–H groups in total. The van der Waals surface area contributed by atoms with Crippen molar-refractivity contribution >= 4 is 23.5 Å². The molecule has 0 saturated heterocycles. The van der Waals surface area contributed by atoms with Crippen LogP contribution in [0.25, 0.3) is 6.08 Å². The highest BCUT2D eigenvalue weighted by Crippen LogP contribution is 2.34. The van der Waals surface area contributed by atoms with Crippen LogP contribution in [0.1, 0.15) is 30.0 Å². The summed E-state index contributed by atoms with van der Waals surface area (Å²) in [5, 5.41) is 7.13. The molecule has 164 valence electrons. The van der Waals surface area contributed by atoms with E-state index in [0.717, 1.165) is 22.3 Å². The minimum atomic E-state index is -0.300. The highest BCUT2D eigenvalue weighted by molar-refractivity contribution is 6.13. The summed E-state index contributed by atoms with van der Waals surface area (Å²) in [7, 11) is 0. The molecule has 6 heteroatoms. The maximum Gasteiger partial charge on any atom is 0.255 e. The zero-order valence-corrected chi connectivity index (χ0v) is 18.1. The monoisotopic (exact) mass is 439 g/mol. The van der Waals surface area contributed by atoms with Gasteiger partial charge in [0.15, 0.2) is 5.78 Å². The molecule has 2 aliphatic rings. The van der Waals surface area contributed by atoms with Crippen molar-refractivity contribution in [2.24, 2.45) is 0 Å². The Balaban J connectivity index is 1.33. The van der Waals surface area contributed by atoms with Gasteiger partial charge in [-0.05, 0) is 53.8 Å². The Hall–Kier alpha value is -4.06. The molecule has 2 aliphatic carbocycles.